The quantitative estimate of drug-likeness (QED) is 0.205. The summed E-state index contributed by atoms with van der Waals surface area (Å²) in [5.41, 5.74) is 10.5. The van der Waals surface area contributed by atoms with Crippen LogP contribution in [0.15, 0.2) is 60.9 Å². The van der Waals surface area contributed by atoms with E-state index in [0.29, 0.717) is 35.7 Å². The fraction of sp³-hybridized carbons (Fsp3) is 0.350. The number of hydrogen-bond acceptors (Lipinski definition) is 7. The van der Waals surface area contributed by atoms with Gasteiger partial charge in [0, 0.05) is 49.8 Å². The van der Waals surface area contributed by atoms with E-state index < -0.39 is 0 Å². The molecule has 1 amide bonds. The molecular formula is C40H44N6O2. The molecule has 2 aromatic carbocycles. The number of carbonyl (C=O) groups is 1. The fourth-order valence-electron chi connectivity index (χ4n) is 6.84. The fourth-order valence-corrected chi connectivity index (χ4v) is 6.84. The third kappa shape index (κ3) is 7.71. The molecule has 0 spiro atoms. The van der Waals surface area contributed by atoms with Crippen molar-refractivity contribution in [1.82, 2.24) is 19.8 Å². The molecule has 2 aliphatic heterocycles. The summed E-state index contributed by atoms with van der Waals surface area (Å²) in [6, 6.07) is 18.1. The number of β-amino-alcohol motifs (C(OH)–C–C–N with tert-alkyl or cyclic N) is 1. The Kier molecular flexibility index (Phi) is 10.4. The third-order valence-corrected chi connectivity index (χ3v) is 9.66. The number of aliphatic hydroxyl groups is 1. The van der Waals surface area contributed by atoms with Crippen LogP contribution in [0.3, 0.4) is 0 Å². The highest BCUT2D eigenvalue weighted by molar-refractivity contribution is 6.03. The van der Waals surface area contributed by atoms with Crippen LogP contribution < -0.4 is 5.32 Å². The number of likely N-dealkylation sites (tertiary alicyclic amines) is 2. The van der Waals surface area contributed by atoms with Crippen molar-refractivity contribution >= 4 is 23.7 Å². The van der Waals surface area contributed by atoms with Crippen molar-refractivity contribution < 1.29 is 9.90 Å². The second-order valence-electron chi connectivity index (χ2n) is 13.2. The summed E-state index contributed by atoms with van der Waals surface area (Å²) >= 11 is 0. The molecule has 4 heterocycles. The van der Waals surface area contributed by atoms with Crippen LogP contribution in [0.4, 0.5) is 5.69 Å². The van der Waals surface area contributed by atoms with Crippen LogP contribution in [0, 0.1) is 32.1 Å². The number of nitrogens with zero attached hydrogens (tertiary/aromatic N) is 5. The summed E-state index contributed by atoms with van der Waals surface area (Å²) in [5.74, 6) is -0.301. The van der Waals surface area contributed by atoms with Gasteiger partial charge in [-0.15, -0.1) is 0 Å². The van der Waals surface area contributed by atoms with Crippen LogP contribution in [-0.4, -0.2) is 63.1 Å². The van der Waals surface area contributed by atoms with Crippen LogP contribution in [0.1, 0.15) is 80.8 Å². The Hall–Kier alpha value is -4.68. The second-order valence-corrected chi connectivity index (χ2v) is 13.2. The largest absolute Gasteiger partial charge is 0.392 e. The first kappa shape index (κ1) is 33.2. The van der Waals surface area contributed by atoms with Gasteiger partial charge in [0.2, 0.25) is 0 Å². The molecule has 0 unspecified atom stereocenters. The highest BCUT2D eigenvalue weighted by Crippen LogP contribution is 2.32. The molecule has 2 aliphatic rings. The monoisotopic (exact) mass is 640 g/mol. The maximum atomic E-state index is 13.2. The number of anilines is 1. The lowest BCUT2D eigenvalue weighted by Gasteiger charge is -2.27. The van der Waals surface area contributed by atoms with Gasteiger partial charge in [0.05, 0.1) is 17.4 Å². The predicted molar refractivity (Wildman–Crippen MR) is 191 cm³/mol. The van der Waals surface area contributed by atoms with E-state index in [-0.39, 0.29) is 12.0 Å². The Labute approximate surface area is 283 Å². The zero-order valence-corrected chi connectivity index (χ0v) is 28.2. The van der Waals surface area contributed by atoms with Gasteiger partial charge in [-0.1, -0.05) is 42.8 Å². The summed E-state index contributed by atoms with van der Waals surface area (Å²) in [5, 5.41) is 23.1. The molecule has 48 heavy (non-hydrogen) atoms. The first-order chi connectivity index (χ1) is 23.3. The minimum Gasteiger partial charge on any atom is -0.392 e. The van der Waals surface area contributed by atoms with E-state index in [0.717, 1.165) is 47.3 Å². The second kappa shape index (κ2) is 15.0. The van der Waals surface area contributed by atoms with E-state index in [9.17, 15) is 15.2 Å². The lowest BCUT2D eigenvalue weighted by atomic mass is 9.94. The number of aromatic nitrogens is 2. The number of aliphatic hydroxyl groups excluding tert-OH is 1. The van der Waals surface area contributed by atoms with Crippen molar-refractivity contribution in [1.29, 1.82) is 5.26 Å². The summed E-state index contributed by atoms with van der Waals surface area (Å²) in [7, 11) is 0. The number of hydrogen-bond donors (Lipinski definition) is 2. The van der Waals surface area contributed by atoms with E-state index in [4.69, 9.17) is 0 Å². The number of amides is 1. The zero-order valence-electron chi connectivity index (χ0n) is 28.2. The van der Waals surface area contributed by atoms with Gasteiger partial charge in [-0.2, -0.15) is 5.26 Å². The maximum Gasteiger partial charge on any atom is 0.274 e. The Balaban J connectivity index is 1.18. The molecule has 6 rings (SSSR count). The van der Waals surface area contributed by atoms with Crippen LogP contribution >= 0.6 is 0 Å². The van der Waals surface area contributed by atoms with Crippen LogP contribution in [0.5, 0.6) is 0 Å². The lowest BCUT2D eigenvalue weighted by Crippen LogP contribution is -2.29. The van der Waals surface area contributed by atoms with Crippen molar-refractivity contribution in [2.24, 2.45) is 0 Å². The van der Waals surface area contributed by atoms with Gasteiger partial charge in [0.25, 0.3) is 5.91 Å². The Morgan fingerprint density at radius 3 is 2.52 bits per heavy atom. The first-order valence-electron chi connectivity index (χ1n) is 17.0. The average molecular weight is 641 g/mol. The van der Waals surface area contributed by atoms with E-state index in [1.165, 1.54) is 49.0 Å². The number of carbonyl (C=O) groups excluding carboxylic acids is 1. The molecule has 1 atom stereocenters. The van der Waals surface area contributed by atoms with Crippen LogP contribution in [0.2, 0.25) is 0 Å². The maximum absolute atomic E-state index is 13.2. The number of pyridine rings is 2. The van der Waals surface area contributed by atoms with E-state index in [1.807, 2.05) is 43.3 Å². The topological polar surface area (TPSA) is 105 Å². The van der Waals surface area contributed by atoms with E-state index in [1.54, 1.807) is 18.5 Å². The third-order valence-electron chi connectivity index (χ3n) is 9.66. The Morgan fingerprint density at radius 2 is 1.79 bits per heavy atom. The minimum absolute atomic E-state index is 0.271. The molecule has 0 radical (unpaired) electrons. The molecule has 2 N–H and O–H groups in total. The standard InChI is InChI=1S/C40H44N6O2/c1-27-21-32(25-45-17-5-4-6-18-45)28(2)20-31(27)11-13-38-36(22-41)35(14-16-42-38)34-8-7-9-37(29(34)3)44-40(48)39-12-10-30(23-43-39)24-46-19-15-33(47)26-46/h7-14,16,20-21,23,33,47H,4-6,15,17-19,24-26H2,1-3H3,(H,44,48)/b13-11+/t33-/m1/s1. The molecule has 0 aliphatic carbocycles. The molecular weight excluding hydrogens is 596 g/mol. The molecule has 2 fully saturated rings. The smallest absolute Gasteiger partial charge is 0.274 e. The van der Waals surface area contributed by atoms with Crippen LogP contribution in [0.25, 0.3) is 23.3 Å². The SMILES string of the molecule is Cc1cc(CN2CCCCC2)c(C)cc1/C=C/c1nccc(-c2cccc(NC(=O)c3ccc(CN4CC[C@@H](O)C4)cn3)c2C)c1C#N. The van der Waals surface area contributed by atoms with Crippen molar-refractivity contribution in [3.05, 3.63) is 111 Å². The molecule has 4 aromatic rings. The lowest BCUT2D eigenvalue weighted by molar-refractivity contribution is 0.102. The van der Waals surface area contributed by atoms with Gasteiger partial charge >= 0.3 is 0 Å². The normalized spacial score (nSPS) is 17.1. The molecule has 0 bridgehead atoms. The predicted octanol–water partition coefficient (Wildman–Crippen LogP) is 6.92. The minimum atomic E-state index is -0.301. The summed E-state index contributed by atoms with van der Waals surface area (Å²) in [4.78, 5) is 26.9. The highest BCUT2D eigenvalue weighted by Gasteiger charge is 2.21. The number of rotatable bonds is 9. The molecule has 2 aromatic heterocycles. The van der Waals surface area contributed by atoms with Gasteiger partial charge < -0.3 is 10.4 Å². The molecule has 8 heteroatoms. The van der Waals surface area contributed by atoms with Gasteiger partial charge in [-0.3, -0.25) is 24.6 Å². The van der Waals surface area contributed by atoms with Crippen molar-refractivity contribution in [3.63, 3.8) is 0 Å². The van der Waals surface area contributed by atoms with E-state index >= 15 is 0 Å². The van der Waals surface area contributed by atoms with Crippen molar-refractivity contribution in [3.8, 4) is 17.2 Å². The highest BCUT2D eigenvalue weighted by atomic mass is 16.3. The van der Waals surface area contributed by atoms with Gasteiger partial charge in [0.15, 0.2) is 0 Å². The van der Waals surface area contributed by atoms with E-state index in [2.05, 4.69) is 63.2 Å². The summed E-state index contributed by atoms with van der Waals surface area (Å²) in [6.45, 7) is 11.8. The number of piperidine rings is 1. The van der Waals surface area contributed by atoms with Crippen molar-refractivity contribution in [2.75, 3.05) is 31.5 Å². The van der Waals surface area contributed by atoms with Gasteiger partial charge in [0.1, 0.15) is 11.8 Å². The number of aryl methyl sites for hydroxylation is 2. The van der Waals surface area contributed by atoms with Gasteiger partial charge in [-0.05, 0) is 116 Å². The number of nitriles is 1. The number of benzene rings is 2. The first-order valence-corrected chi connectivity index (χ1v) is 17.0. The Morgan fingerprint density at radius 1 is 0.958 bits per heavy atom. The Bertz CT molecular complexity index is 1850. The molecule has 0 saturated carbocycles. The van der Waals surface area contributed by atoms with Crippen molar-refractivity contribution in [2.45, 2.75) is 65.6 Å². The summed E-state index contributed by atoms with van der Waals surface area (Å²) < 4.78 is 0. The van der Waals surface area contributed by atoms with Crippen LogP contribution in [-0.2, 0) is 13.1 Å². The molecule has 8 nitrogen and oxygen atoms in total. The summed E-state index contributed by atoms with van der Waals surface area (Å²) in [6.07, 6.45) is 11.8. The molecule has 2 saturated heterocycles. The van der Waals surface area contributed by atoms with Gasteiger partial charge in [-0.25, -0.2) is 0 Å². The number of nitrogens with one attached hydrogen (secondary N) is 1. The average Bonchev–Trinajstić information content (AvgIpc) is 3.51. The zero-order chi connectivity index (χ0) is 33.6. The molecule has 246 valence electrons.